The van der Waals surface area contributed by atoms with Crippen molar-refractivity contribution in [2.75, 3.05) is 6.54 Å². The minimum atomic E-state index is -1.23. The molecule has 0 saturated carbocycles. The van der Waals surface area contributed by atoms with E-state index in [9.17, 15) is 24.0 Å². The van der Waals surface area contributed by atoms with Gasteiger partial charge >= 0.3 is 12.1 Å². The van der Waals surface area contributed by atoms with Crippen molar-refractivity contribution >= 4 is 29.8 Å². The van der Waals surface area contributed by atoms with Crippen LogP contribution in [-0.4, -0.2) is 64.5 Å². The number of carbonyl (C=O) groups excluding carboxylic acids is 5. The number of hydrogen-bond acceptors (Lipinski definition) is 7. The second-order valence-electron chi connectivity index (χ2n) is 14.5. The SMILES string of the molecule is CCCCCN(C(=O)C(CCC(N)=O)NC(=O)OC(C)(C)C)C(C(=O)NC(Cc1ccccc1)C(=O)OC(C)(C)C)c1ccc(C)c(C)c1. The highest BCUT2D eigenvalue weighted by Crippen LogP contribution is 2.27. The van der Waals surface area contributed by atoms with Crippen LogP contribution in [0.3, 0.4) is 0 Å². The van der Waals surface area contributed by atoms with E-state index < -0.39 is 59.1 Å². The number of benzene rings is 2. The molecular formula is C38H56N4O7. The average Bonchev–Trinajstić information content (AvgIpc) is 2.98. The van der Waals surface area contributed by atoms with Gasteiger partial charge in [0.2, 0.25) is 17.7 Å². The first-order valence-electron chi connectivity index (χ1n) is 17.0. The minimum absolute atomic E-state index is 0.104. The van der Waals surface area contributed by atoms with Crippen LogP contribution in [0.5, 0.6) is 0 Å². The van der Waals surface area contributed by atoms with Crippen LogP contribution < -0.4 is 16.4 Å². The fraction of sp³-hybridized carbons (Fsp3) is 0.553. The van der Waals surface area contributed by atoms with E-state index in [0.717, 1.165) is 29.5 Å². The van der Waals surface area contributed by atoms with Crippen molar-refractivity contribution in [3.05, 3.63) is 70.8 Å². The molecule has 4 amide bonds. The van der Waals surface area contributed by atoms with Gasteiger partial charge < -0.3 is 30.7 Å². The number of esters is 1. The molecule has 0 spiro atoms. The molecule has 11 heteroatoms. The van der Waals surface area contributed by atoms with E-state index in [4.69, 9.17) is 15.2 Å². The van der Waals surface area contributed by atoms with Gasteiger partial charge in [-0.3, -0.25) is 14.4 Å². The second kappa shape index (κ2) is 18.4. The van der Waals surface area contributed by atoms with Gasteiger partial charge in [-0.25, -0.2) is 9.59 Å². The summed E-state index contributed by atoms with van der Waals surface area (Å²) < 4.78 is 11.2. The lowest BCUT2D eigenvalue weighted by atomic mass is 9.96. The Bertz CT molecular complexity index is 1430. The minimum Gasteiger partial charge on any atom is -0.458 e. The second-order valence-corrected chi connectivity index (χ2v) is 14.5. The van der Waals surface area contributed by atoms with Gasteiger partial charge in [-0.2, -0.15) is 0 Å². The number of nitrogens with two attached hydrogens (primary N) is 1. The van der Waals surface area contributed by atoms with Crippen molar-refractivity contribution < 1.29 is 33.4 Å². The number of unbranched alkanes of at least 4 members (excludes halogenated alkanes) is 2. The predicted molar refractivity (Wildman–Crippen MR) is 189 cm³/mol. The number of rotatable bonds is 16. The Morgan fingerprint density at radius 1 is 0.816 bits per heavy atom. The Balaban J connectivity index is 2.68. The first-order valence-corrected chi connectivity index (χ1v) is 17.0. The number of carbonyl (C=O) groups is 5. The number of amides is 4. The summed E-state index contributed by atoms with van der Waals surface area (Å²) in [4.78, 5) is 68.9. The third-order valence-corrected chi connectivity index (χ3v) is 7.65. The van der Waals surface area contributed by atoms with E-state index >= 15 is 0 Å². The van der Waals surface area contributed by atoms with Gasteiger partial charge in [0.1, 0.15) is 29.3 Å². The Kier molecular flexibility index (Phi) is 15.3. The zero-order chi connectivity index (χ0) is 36.9. The fourth-order valence-corrected chi connectivity index (χ4v) is 5.17. The number of hydrogen-bond donors (Lipinski definition) is 3. The lowest BCUT2D eigenvalue weighted by Crippen LogP contribution is -2.55. The smallest absolute Gasteiger partial charge is 0.408 e. The maximum absolute atomic E-state index is 14.6. The van der Waals surface area contributed by atoms with E-state index in [2.05, 4.69) is 10.6 Å². The Labute approximate surface area is 291 Å². The molecule has 0 bridgehead atoms. The van der Waals surface area contributed by atoms with E-state index in [1.54, 1.807) is 47.6 Å². The van der Waals surface area contributed by atoms with Gasteiger partial charge in [-0.1, -0.05) is 68.3 Å². The maximum Gasteiger partial charge on any atom is 0.408 e. The molecule has 2 aromatic rings. The summed E-state index contributed by atoms with van der Waals surface area (Å²) in [5.74, 6) is -2.44. The van der Waals surface area contributed by atoms with Gasteiger partial charge in [-0.15, -0.1) is 0 Å². The van der Waals surface area contributed by atoms with E-state index in [1.807, 2.05) is 63.2 Å². The molecule has 3 unspecified atom stereocenters. The normalized spacial score (nSPS) is 13.4. The molecule has 11 nitrogen and oxygen atoms in total. The van der Waals surface area contributed by atoms with Crippen molar-refractivity contribution in [1.29, 1.82) is 0 Å². The number of primary amides is 1. The predicted octanol–water partition coefficient (Wildman–Crippen LogP) is 5.59. The summed E-state index contributed by atoms with van der Waals surface area (Å²) in [5, 5.41) is 5.53. The summed E-state index contributed by atoms with van der Waals surface area (Å²) in [6.07, 6.45) is 1.20. The summed E-state index contributed by atoms with van der Waals surface area (Å²) in [7, 11) is 0. The van der Waals surface area contributed by atoms with Crippen molar-refractivity contribution in [2.24, 2.45) is 5.73 Å². The Hall–Kier alpha value is -4.41. The molecule has 0 aromatic heterocycles. The van der Waals surface area contributed by atoms with Crippen LogP contribution >= 0.6 is 0 Å². The van der Waals surface area contributed by atoms with Crippen LogP contribution in [-0.2, 0) is 35.1 Å². The summed E-state index contributed by atoms with van der Waals surface area (Å²) in [6.45, 7) is 16.4. The monoisotopic (exact) mass is 680 g/mol. The number of ether oxygens (including phenoxy) is 2. The molecule has 0 aliphatic rings. The molecule has 2 aromatic carbocycles. The third kappa shape index (κ3) is 14.3. The third-order valence-electron chi connectivity index (χ3n) is 7.65. The lowest BCUT2D eigenvalue weighted by Gasteiger charge is -2.35. The largest absolute Gasteiger partial charge is 0.458 e. The Morgan fingerprint density at radius 2 is 1.45 bits per heavy atom. The van der Waals surface area contributed by atoms with E-state index in [-0.39, 0.29) is 25.8 Å². The summed E-state index contributed by atoms with van der Waals surface area (Å²) >= 11 is 0. The van der Waals surface area contributed by atoms with Crippen molar-refractivity contribution in [1.82, 2.24) is 15.5 Å². The number of alkyl carbamates (subject to hydrolysis) is 1. The first-order chi connectivity index (χ1) is 22.8. The zero-order valence-corrected chi connectivity index (χ0v) is 30.7. The average molecular weight is 681 g/mol. The maximum atomic E-state index is 14.6. The molecule has 2 rings (SSSR count). The van der Waals surface area contributed by atoms with Gasteiger partial charge in [0.15, 0.2) is 0 Å². The van der Waals surface area contributed by atoms with Crippen LogP contribution in [0, 0.1) is 13.8 Å². The van der Waals surface area contributed by atoms with Gasteiger partial charge in [-0.05, 0) is 90.5 Å². The van der Waals surface area contributed by atoms with Crippen molar-refractivity contribution in [3.63, 3.8) is 0 Å². The highest BCUT2D eigenvalue weighted by molar-refractivity contribution is 5.94. The molecule has 3 atom stereocenters. The van der Waals surface area contributed by atoms with Gasteiger partial charge in [0.05, 0.1) is 0 Å². The molecule has 0 saturated heterocycles. The molecule has 49 heavy (non-hydrogen) atoms. The molecule has 0 aliphatic carbocycles. The van der Waals surface area contributed by atoms with Crippen LogP contribution in [0.4, 0.5) is 4.79 Å². The fourth-order valence-electron chi connectivity index (χ4n) is 5.17. The van der Waals surface area contributed by atoms with Crippen LogP contribution in [0.15, 0.2) is 48.5 Å². The quantitative estimate of drug-likeness (QED) is 0.154. The summed E-state index contributed by atoms with van der Waals surface area (Å²) in [6, 6.07) is 11.3. The van der Waals surface area contributed by atoms with Crippen molar-refractivity contribution in [3.8, 4) is 0 Å². The van der Waals surface area contributed by atoms with Crippen LogP contribution in [0.2, 0.25) is 0 Å². The number of nitrogens with zero attached hydrogens (tertiary/aromatic N) is 1. The van der Waals surface area contributed by atoms with Gasteiger partial charge in [0.25, 0.3) is 0 Å². The highest BCUT2D eigenvalue weighted by Gasteiger charge is 2.38. The first kappa shape index (κ1) is 40.8. The number of aryl methyl sites for hydroxylation is 2. The number of nitrogens with one attached hydrogen (secondary N) is 2. The summed E-state index contributed by atoms with van der Waals surface area (Å²) in [5.41, 5.74) is 7.03. The molecule has 0 fully saturated rings. The van der Waals surface area contributed by atoms with Crippen LogP contribution in [0.1, 0.15) is 109 Å². The molecule has 270 valence electrons. The molecule has 4 N–H and O–H groups in total. The lowest BCUT2D eigenvalue weighted by molar-refractivity contribution is -0.159. The molecule has 0 radical (unpaired) electrons. The topological polar surface area (TPSA) is 157 Å². The molecule has 0 aliphatic heterocycles. The van der Waals surface area contributed by atoms with Crippen molar-refractivity contribution in [2.45, 2.75) is 130 Å². The van der Waals surface area contributed by atoms with E-state index in [1.165, 1.54) is 4.90 Å². The zero-order valence-electron chi connectivity index (χ0n) is 30.7. The highest BCUT2D eigenvalue weighted by atomic mass is 16.6. The van der Waals surface area contributed by atoms with Gasteiger partial charge in [0, 0.05) is 19.4 Å². The standard InChI is InChI=1S/C38H56N4O7/c1-10-11-15-22-42(34(45)29(20-21-31(39)43)41-36(47)49-38(7,8)9)32(28-19-18-25(2)26(3)23-28)33(44)40-30(35(46)48-37(4,5)6)24-27-16-13-12-14-17-27/h12-14,16-19,23,29-30,32H,10-11,15,20-22,24H2,1-9H3,(H2,39,43)(H,40,44)(H,41,47). The molecular weight excluding hydrogens is 624 g/mol. The van der Waals surface area contributed by atoms with Crippen LogP contribution in [0.25, 0.3) is 0 Å². The molecule has 0 heterocycles. The Morgan fingerprint density at radius 3 is 2.00 bits per heavy atom. The van der Waals surface area contributed by atoms with E-state index in [0.29, 0.717) is 12.0 Å².